The maximum atomic E-state index is 3.93. The normalized spacial score (nSPS) is 10.1. The molecule has 0 fully saturated rings. The number of aryl methyl sites for hydroxylation is 2. The van der Waals surface area contributed by atoms with Crippen LogP contribution in [-0.2, 0) is 12.8 Å². The monoisotopic (exact) mass is 550 g/mol. The second-order valence-electron chi connectivity index (χ2n) is 7.69. The van der Waals surface area contributed by atoms with Gasteiger partial charge in [-0.25, -0.2) is 0 Å². The summed E-state index contributed by atoms with van der Waals surface area (Å²) in [6.45, 7) is 1.89. The van der Waals surface area contributed by atoms with Crippen molar-refractivity contribution < 1.29 is 11.5 Å². The molecule has 0 saturated heterocycles. The minimum Gasteiger partial charge on any atom is -0.358 e. The van der Waals surface area contributed by atoms with Gasteiger partial charge in [-0.05, 0) is 78.6 Å². The fraction of sp³-hybridized carbons (Fsp3) is 0.214. The minimum atomic E-state index is 0.943. The van der Waals surface area contributed by atoms with Crippen LogP contribution < -0.4 is 11.5 Å². The van der Waals surface area contributed by atoms with Gasteiger partial charge in [0.15, 0.2) is 0 Å². The predicted molar refractivity (Wildman–Crippen MR) is 139 cm³/mol. The fourth-order valence-corrected chi connectivity index (χ4v) is 4.44. The first-order valence-corrected chi connectivity index (χ1v) is 12.5. The summed E-state index contributed by atoms with van der Waals surface area (Å²) in [6, 6.07) is 20.9. The van der Waals surface area contributed by atoms with Crippen LogP contribution in [-0.4, -0.2) is 13.1 Å². The zero-order valence-electron chi connectivity index (χ0n) is 18.2. The van der Waals surface area contributed by atoms with Gasteiger partial charge in [-0.15, -0.1) is 0 Å². The van der Waals surface area contributed by atoms with E-state index >= 15 is 0 Å². The predicted octanol–water partition coefficient (Wildman–Crippen LogP) is 4.36. The lowest BCUT2D eigenvalue weighted by molar-refractivity contribution is -0.368. The molecule has 0 aliphatic heterocycles. The number of hydrogen-bond donors (Lipinski definition) is 2. The zero-order valence-corrected chi connectivity index (χ0v) is 21.4. The van der Waals surface area contributed by atoms with E-state index in [0.29, 0.717) is 0 Å². The van der Waals surface area contributed by atoms with E-state index in [4.69, 9.17) is 0 Å². The Labute approximate surface area is 208 Å². The van der Waals surface area contributed by atoms with E-state index < -0.39 is 0 Å². The molecule has 0 atom stereocenters. The fourth-order valence-electron chi connectivity index (χ4n) is 3.36. The Hall–Kier alpha value is -2.34. The summed E-state index contributed by atoms with van der Waals surface area (Å²) < 4.78 is 2.12. The van der Waals surface area contributed by atoms with E-state index in [1.807, 2.05) is 24.3 Å². The molecule has 0 heterocycles. The van der Waals surface area contributed by atoms with E-state index in [1.54, 1.807) is 0 Å². The van der Waals surface area contributed by atoms with Crippen LogP contribution >= 0.6 is 31.9 Å². The van der Waals surface area contributed by atoms with Crippen LogP contribution in [0.5, 0.6) is 0 Å². The molecule has 32 heavy (non-hydrogen) atoms. The van der Waals surface area contributed by atoms with Gasteiger partial charge >= 0.3 is 0 Å². The van der Waals surface area contributed by atoms with Crippen molar-refractivity contribution in [2.75, 3.05) is 13.1 Å². The number of hydrogen-bond acceptors (Lipinski definition) is 0. The lowest BCUT2D eigenvalue weighted by atomic mass is 10.1. The largest absolute Gasteiger partial charge is 0.358 e. The quantitative estimate of drug-likeness (QED) is 0.428. The van der Waals surface area contributed by atoms with Crippen molar-refractivity contribution >= 4 is 31.9 Å². The molecular formula is C28H28Br2N2+2. The van der Waals surface area contributed by atoms with Gasteiger partial charge in [0.05, 0.1) is 13.1 Å². The molecular weight excluding hydrogens is 524 g/mol. The molecule has 3 aromatic carbocycles. The van der Waals surface area contributed by atoms with E-state index in [1.165, 1.54) is 11.1 Å². The Morgan fingerprint density at radius 3 is 1.44 bits per heavy atom. The molecule has 3 aromatic rings. The van der Waals surface area contributed by atoms with Gasteiger partial charge in [0.2, 0.25) is 0 Å². The van der Waals surface area contributed by atoms with Crippen LogP contribution in [0.1, 0.15) is 46.2 Å². The number of halogens is 2. The van der Waals surface area contributed by atoms with Crippen molar-refractivity contribution in [3.05, 3.63) is 103 Å². The summed E-state index contributed by atoms with van der Waals surface area (Å²) in [4.78, 5) is 0. The van der Waals surface area contributed by atoms with Crippen LogP contribution in [0.3, 0.4) is 0 Å². The molecule has 4 heteroatoms. The van der Waals surface area contributed by atoms with Crippen molar-refractivity contribution in [3.8, 4) is 23.7 Å². The molecule has 2 nitrogen and oxygen atoms in total. The smallest absolute Gasteiger partial charge is 0.0743 e. The number of rotatable bonds is 6. The van der Waals surface area contributed by atoms with Gasteiger partial charge in [0.25, 0.3) is 0 Å². The summed E-state index contributed by atoms with van der Waals surface area (Å²) >= 11 is 7.20. The lowest BCUT2D eigenvalue weighted by Gasteiger charge is -2.02. The SMILES string of the molecule is [NH3+]CCCc1cc(Br)cc(C#Cc2cccc(C#Cc3cc(Br)cc(CCC[NH3+])c3)c2)c1. The summed E-state index contributed by atoms with van der Waals surface area (Å²) in [6.07, 6.45) is 4.21. The average molecular weight is 552 g/mol. The topological polar surface area (TPSA) is 55.3 Å². The van der Waals surface area contributed by atoms with Crippen molar-refractivity contribution in [1.82, 2.24) is 0 Å². The summed E-state index contributed by atoms with van der Waals surface area (Å²) in [5.74, 6) is 13.2. The van der Waals surface area contributed by atoms with Gasteiger partial charge in [-0.2, -0.15) is 0 Å². The Morgan fingerprint density at radius 1 is 0.562 bits per heavy atom. The van der Waals surface area contributed by atoms with E-state index in [0.717, 1.165) is 70.0 Å². The molecule has 6 N–H and O–H groups in total. The summed E-state index contributed by atoms with van der Waals surface area (Å²) in [5.41, 5.74) is 14.4. The molecule has 0 radical (unpaired) electrons. The maximum Gasteiger partial charge on any atom is 0.0743 e. The molecule has 0 unspecified atom stereocenters. The van der Waals surface area contributed by atoms with Crippen molar-refractivity contribution in [2.24, 2.45) is 0 Å². The van der Waals surface area contributed by atoms with Crippen LogP contribution in [0, 0.1) is 23.7 Å². The Bertz CT molecular complexity index is 1100. The molecule has 162 valence electrons. The highest BCUT2D eigenvalue weighted by Gasteiger charge is 2.00. The third-order valence-corrected chi connectivity index (χ3v) is 5.83. The second-order valence-corrected chi connectivity index (χ2v) is 9.52. The molecule has 0 aliphatic rings. The van der Waals surface area contributed by atoms with Gasteiger partial charge in [-0.3, -0.25) is 0 Å². The highest BCUT2D eigenvalue weighted by Crippen LogP contribution is 2.18. The third-order valence-electron chi connectivity index (χ3n) is 4.91. The standard InChI is InChI=1S/C28H26Br2N2/c29-27-17-23(6-2-12-31)15-25(19-27)10-8-21-4-1-5-22(14-21)9-11-26-16-24(7-3-13-32)18-28(30)20-26/h1,4-5,14-20H,2-3,6-7,12-13,31-32H2/p+2. The van der Waals surface area contributed by atoms with Crippen LogP contribution in [0.4, 0.5) is 0 Å². The van der Waals surface area contributed by atoms with Crippen LogP contribution in [0.25, 0.3) is 0 Å². The zero-order chi connectivity index (χ0) is 22.8. The van der Waals surface area contributed by atoms with Gasteiger partial charge < -0.3 is 11.5 Å². The van der Waals surface area contributed by atoms with Gasteiger partial charge in [0, 0.05) is 44.0 Å². The molecule has 0 bridgehead atoms. The molecule has 0 amide bonds. The first-order valence-electron chi connectivity index (χ1n) is 10.9. The first-order chi connectivity index (χ1) is 15.6. The lowest BCUT2D eigenvalue weighted by Crippen LogP contribution is -2.50. The Kier molecular flexibility index (Phi) is 9.60. The van der Waals surface area contributed by atoms with Gasteiger partial charge in [-0.1, -0.05) is 61.6 Å². The van der Waals surface area contributed by atoms with E-state index in [2.05, 4.69) is 103 Å². The number of benzene rings is 3. The highest BCUT2D eigenvalue weighted by atomic mass is 79.9. The summed E-state index contributed by atoms with van der Waals surface area (Å²) in [7, 11) is 0. The molecule has 0 aromatic heterocycles. The number of quaternary nitrogens is 2. The molecule has 3 rings (SSSR count). The molecule has 0 spiro atoms. The Morgan fingerprint density at radius 2 is 1.00 bits per heavy atom. The highest BCUT2D eigenvalue weighted by molar-refractivity contribution is 9.10. The van der Waals surface area contributed by atoms with E-state index in [9.17, 15) is 0 Å². The maximum absolute atomic E-state index is 3.93. The minimum absolute atomic E-state index is 0.943. The van der Waals surface area contributed by atoms with Gasteiger partial charge in [0.1, 0.15) is 0 Å². The van der Waals surface area contributed by atoms with Crippen molar-refractivity contribution in [3.63, 3.8) is 0 Å². The first kappa shape index (κ1) is 24.3. The van der Waals surface area contributed by atoms with Crippen LogP contribution in [0.15, 0.2) is 69.6 Å². The Balaban J connectivity index is 1.79. The van der Waals surface area contributed by atoms with Crippen LogP contribution in [0.2, 0.25) is 0 Å². The van der Waals surface area contributed by atoms with Crippen molar-refractivity contribution in [2.45, 2.75) is 25.7 Å². The third kappa shape index (κ3) is 7.97. The molecule has 0 saturated carbocycles. The van der Waals surface area contributed by atoms with Crippen molar-refractivity contribution in [1.29, 1.82) is 0 Å². The van der Waals surface area contributed by atoms with E-state index in [-0.39, 0.29) is 0 Å². The molecule has 0 aliphatic carbocycles. The summed E-state index contributed by atoms with van der Waals surface area (Å²) in [5, 5.41) is 0. The average Bonchev–Trinajstić information content (AvgIpc) is 2.78. The second kappa shape index (κ2) is 12.6.